The van der Waals surface area contributed by atoms with E-state index in [0.29, 0.717) is 16.8 Å². The van der Waals surface area contributed by atoms with Gasteiger partial charge in [-0.15, -0.1) is 0 Å². The third kappa shape index (κ3) is 2.61. The van der Waals surface area contributed by atoms with Crippen LogP contribution in [0.3, 0.4) is 0 Å². The molecule has 0 radical (unpaired) electrons. The summed E-state index contributed by atoms with van der Waals surface area (Å²) < 4.78 is 1.48. The number of carbonyl (C=O) groups excluding carboxylic acids is 1. The molecular weight excluding hydrogens is 290 g/mol. The van der Waals surface area contributed by atoms with Gasteiger partial charge < -0.3 is 9.88 Å². The first-order valence-electron chi connectivity index (χ1n) is 7.31. The molecule has 0 fully saturated rings. The quantitative estimate of drug-likeness (QED) is 0.792. The maximum atomic E-state index is 12.6. The smallest absolute Gasteiger partial charge is 0.263 e. The van der Waals surface area contributed by atoms with Crippen molar-refractivity contribution in [2.45, 2.75) is 13.8 Å². The van der Waals surface area contributed by atoms with Crippen molar-refractivity contribution in [2.24, 2.45) is 7.05 Å². The summed E-state index contributed by atoms with van der Waals surface area (Å²) in [6.45, 7) is 3.61. The molecule has 5 heteroatoms. The van der Waals surface area contributed by atoms with Gasteiger partial charge in [-0.3, -0.25) is 14.6 Å². The molecule has 0 bridgehead atoms. The number of hydrogen-bond acceptors (Lipinski definition) is 3. The molecule has 1 aromatic carbocycles. The Morgan fingerprint density at radius 1 is 1.17 bits per heavy atom. The number of fused-ring (bicyclic) bond motifs is 1. The number of pyridine rings is 2. The minimum absolute atomic E-state index is 0.158. The highest BCUT2D eigenvalue weighted by molar-refractivity contribution is 6.08. The summed E-state index contributed by atoms with van der Waals surface area (Å²) in [5.41, 5.74) is 2.63. The van der Waals surface area contributed by atoms with Gasteiger partial charge >= 0.3 is 0 Å². The normalized spacial score (nSPS) is 10.7. The van der Waals surface area contributed by atoms with Gasteiger partial charge in [0.1, 0.15) is 5.56 Å². The van der Waals surface area contributed by atoms with Gasteiger partial charge in [0.05, 0.1) is 11.2 Å². The fourth-order valence-electron chi connectivity index (χ4n) is 2.64. The van der Waals surface area contributed by atoms with Crippen LogP contribution < -0.4 is 10.9 Å². The number of nitrogens with zero attached hydrogens (tertiary/aromatic N) is 2. The molecule has 3 aromatic rings. The molecule has 1 N–H and O–H groups in total. The Balaban J connectivity index is 2.06. The average molecular weight is 307 g/mol. The molecule has 23 heavy (non-hydrogen) atoms. The number of carbonyl (C=O) groups is 1. The molecule has 2 heterocycles. The van der Waals surface area contributed by atoms with E-state index >= 15 is 0 Å². The summed E-state index contributed by atoms with van der Waals surface area (Å²) in [6, 6.07) is 11.1. The third-order valence-corrected chi connectivity index (χ3v) is 3.98. The van der Waals surface area contributed by atoms with Gasteiger partial charge in [-0.25, -0.2) is 0 Å². The van der Waals surface area contributed by atoms with Gasteiger partial charge in [0.25, 0.3) is 11.5 Å². The summed E-state index contributed by atoms with van der Waals surface area (Å²) in [5.74, 6) is -0.416. The zero-order valence-corrected chi connectivity index (χ0v) is 13.3. The van der Waals surface area contributed by atoms with E-state index in [1.807, 2.05) is 37.3 Å². The Kier molecular flexibility index (Phi) is 3.70. The van der Waals surface area contributed by atoms with Crippen molar-refractivity contribution < 1.29 is 4.79 Å². The monoisotopic (exact) mass is 307 g/mol. The van der Waals surface area contributed by atoms with Crippen LogP contribution >= 0.6 is 0 Å². The maximum absolute atomic E-state index is 12.6. The van der Waals surface area contributed by atoms with Crippen LogP contribution in [-0.2, 0) is 7.05 Å². The lowest BCUT2D eigenvalue weighted by Crippen LogP contribution is -2.30. The molecule has 5 nitrogen and oxygen atoms in total. The summed E-state index contributed by atoms with van der Waals surface area (Å²) in [6.07, 6.45) is 1.67. The van der Waals surface area contributed by atoms with Gasteiger partial charge in [0.2, 0.25) is 0 Å². The van der Waals surface area contributed by atoms with Crippen molar-refractivity contribution in [1.82, 2.24) is 9.55 Å². The van der Waals surface area contributed by atoms with Gasteiger partial charge in [-0.05, 0) is 37.6 Å². The van der Waals surface area contributed by atoms with E-state index < -0.39 is 5.91 Å². The molecule has 0 saturated heterocycles. The number of benzene rings is 1. The molecular formula is C18H17N3O2. The summed E-state index contributed by atoms with van der Waals surface area (Å²) in [5, 5.41) is 3.74. The molecule has 116 valence electrons. The maximum Gasteiger partial charge on any atom is 0.263 e. The first kappa shape index (κ1) is 15.0. The van der Waals surface area contributed by atoms with E-state index in [9.17, 15) is 9.59 Å². The molecule has 0 saturated carbocycles. The van der Waals surface area contributed by atoms with E-state index in [1.54, 1.807) is 26.2 Å². The molecule has 0 unspecified atom stereocenters. The zero-order valence-electron chi connectivity index (χ0n) is 13.3. The van der Waals surface area contributed by atoms with Crippen LogP contribution in [0.15, 0.2) is 47.4 Å². The number of para-hydroxylation sites is 1. The third-order valence-electron chi connectivity index (χ3n) is 3.98. The van der Waals surface area contributed by atoms with Crippen LogP contribution in [0, 0.1) is 13.8 Å². The highest BCUT2D eigenvalue weighted by Crippen LogP contribution is 2.21. The molecule has 0 aliphatic carbocycles. The number of aryl methyl sites for hydroxylation is 2. The predicted molar refractivity (Wildman–Crippen MR) is 90.9 cm³/mol. The van der Waals surface area contributed by atoms with Crippen LogP contribution in [0.25, 0.3) is 10.9 Å². The number of rotatable bonds is 2. The van der Waals surface area contributed by atoms with Crippen molar-refractivity contribution in [3.8, 4) is 0 Å². The summed E-state index contributed by atoms with van der Waals surface area (Å²) in [7, 11) is 1.66. The molecule has 0 spiro atoms. The Bertz CT molecular complexity index is 968. The Labute approximate surface area is 133 Å². The van der Waals surface area contributed by atoms with Crippen molar-refractivity contribution in [3.63, 3.8) is 0 Å². The first-order valence-corrected chi connectivity index (χ1v) is 7.31. The minimum Gasteiger partial charge on any atom is -0.320 e. The topological polar surface area (TPSA) is 64.0 Å². The molecule has 0 atom stereocenters. The minimum atomic E-state index is -0.416. The molecule has 3 rings (SSSR count). The number of aromatic nitrogens is 2. The Hall–Kier alpha value is -2.95. The van der Waals surface area contributed by atoms with Crippen LogP contribution in [0.2, 0.25) is 0 Å². The first-order chi connectivity index (χ1) is 11.0. The lowest BCUT2D eigenvalue weighted by atomic mass is 10.1. The lowest BCUT2D eigenvalue weighted by molar-refractivity contribution is 0.102. The standard InChI is InChI=1S/C18H17N3O2/c1-11-10-12(2)21(3)18(23)15(11)17(22)20-14-8-4-6-13-7-5-9-19-16(13)14/h4-10H,1-3H3,(H,20,22). The van der Waals surface area contributed by atoms with Gasteiger partial charge in [0, 0.05) is 24.3 Å². The van der Waals surface area contributed by atoms with Crippen LogP contribution in [0.1, 0.15) is 21.6 Å². The van der Waals surface area contributed by atoms with Crippen LogP contribution in [-0.4, -0.2) is 15.5 Å². The largest absolute Gasteiger partial charge is 0.320 e. The van der Waals surface area contributed by atoms with Gasteiger partial charge in [-0.2, -0.15) is 0 Å². The SMILES string of the molecule is Cc1cc(C)n(C)c(=O)c1C(=O)Nc1cccc2cccnc12. The number of amides is 1. The van der Waals surface area contributed by atoms with Gasteiger partial charge in [-0.1, -0.05) is 18.2 Å². The van der Waals surface area contributed by atoms with E-state index in [4.69, 9.17) is 0 Å². The van der Waals surface area contributed by atoms with Crippen molar-refractivity contribution >= 4 is 22.5 Å². The van der Waals surface area contributed by atoms with Crippen molar-refractivity contribution in [3.05, 3.63) is 69.8 Å². The highest BCUT2D eigenvalue weighted by Gasteiger charge is 2.17. The van der Waals surface area contributed by atoms with E-state index in [-0.39, 0.29) is 11.1 Å². The summed E-state index contributed by atoms with van der Waals surface area (Å²) >= 11 is 0. The molecule has 1 amide bonds. The summed E-state index contributed by atoms with van der Waals surface area (Å²) in [4.78, 5) is 29.3. The average Bonchev–Trinajstić information content (AvgIpc) is 2.53. The van der Waals surface area contributed by atoms with E-state index in [1.165, 1.54) is 4.57 Å². The number of nitrogens with one attached hydrogen (secondary N) is 1. The highest BCUT2D eigenvalue weighted by atomic mass is 16.2. The Morgan fingerprint density at radius 3 is 2.70 bits per heavy atom. The number of hydrogen-bond donors (Lipinski definition) is 1. The van der Waals surface area contributed by atoms with Gasteiger partial charge in [0.15, 0.2) is 0 Å². The van der Waals surface area contributed by atoms with E-state index in [2.05, 4.69) is 10.3 Å². The van der Waals surface area contributed by atoms with Crippen LogP contribution in [0.5, 0.6) is 0 Å². The fraction of sp³-hybridized carbons (Fsp3) is 0.167. The molecule has 2 aromatic heterocycles. The second kappa shape index (κ2) is 5.68. The lowest BCUT2D eigenvalue weighted by Gasteiger charge is -2.12. The van der Waals surface area contributed by atoms with Crippen molar-refractivity contribution in [1.29, 1.82) is 0 Å². The fourth-order valence-corrected chi connectivity index (χ4v) is 2.64. The second-order valence-corrected chi connectivity index (χ2v) is 5.54. The van der Waals surface area contributed by atoms with E-state index in [0.717, 1.165) is 11.1 Å². The van der Waals surface area contributed by atoms with Crippen LogP contribution in [0.4, 0.5) is 5.69 Å². The number of anilines is 1. The molecule has 0 aliphatic heterocycles. The molecule has 0 aliphatic rings. The predicted octanol–water partition coefficient (Wildman–Crippen LogP) is 2.80. The second-order valence-electron chi connectivity index (χ2n) is 5.54. The van der Waals surface area contributed by atoms with Crippen molar-refractivity contribution in [2.75, 3.05) is 5.32 Å². The zero-order chi connectivity index (χ0) is 16.6. The Morgan fingerprint density at radius 2 is 1.91 bits per heavy atom.